The second kappa shape index (κ2) is 12.1. The Hall–Kier alpha value is -6.44. The molecule has 0 saturated carbocycles. The number of fused-ring (bicyclic) bond motifs is 9. The molecule has 10 rings (SSSR count). The zero-order valence-electron chi connectivity index (χ0n) is 30.0. The molecule has 0 N–H and O–H groups in total. The highest BCUT2D eigenvalue weighted by atomic mass is 15.1. The Morgan fingerprint density at radius 2 is 0.755 bits per heavy atom. The lowest BCUT2D eigenvalue weighted by atomic mass is 9.55. The highest BCUT2D eigenvalue weighted by Crippen LogP contribution is 2.62. The molecule has 53 heavy (non-hydrogen) atoms. The molecule has 0 aromatic heterocycles. The van der Waals surface area contributed by atoms with Crippen molar-refractivity contribution < 1.29 is 0 Å². The van der Waals surface area contributed by atoms with Crippen molar-refractivity contribution in [1.82, 2.24) is 0 Å². The minimum Gasteiger partial charge on any atom is -0.310 e. The smallest absolute Gasteiger partial charge is 0.0719 e. The minimum atomic E-state index is -0.418. The summed E-state index contributed by atoms with van der Waals surface area (Å²) in [6.07, 6.45) is 0. The van der Waals surface area contributed by atoms with E-state index in [1.807, 2.05) is 0 Å². The Balaban J connectivity index is 1.25. The Morgan fingerprint density at radius 3 is 1.32 bits per heavy atom. The van der Waals surface area contributed by atoms with Gasteiger partial charge in [0, 0.05) is 22.5 Å². The third-order valence-corrected chi connectivity index (χ3v) is 11.7. The van der Waals surface area contributed by atoms with Gasteiger partial charge < -0.3 is 4.90 Å². The number of nitrogens with zero attached hydrogens (tertiary/aromatic N) is 1. The molecule has 2 aliphatic carbocycles. The summed E-state index contributed by atoms with van der Waals surface area (Å²) in [5, 5.41) is 0. The molecule has 0 fully saturated rings. The molecule has 8 aromatic rings. The zero-order valence-corrected chi connectivity index (χ0v) is 30.0. The van der Waals surface area contributed by atoms with Gasteiger partial charge >= 0.3 is 0 Å². The van der Waals surface area contributed by atoms with Gasteiger partial charge in [0.15, 0.2) is 0 Å². The summed E-state index contributed by atoms with van der Waals surface area (Å²) >= 11 is 0. The third kappa shape index (κ3) is 4.70. The van der Waals surface area contributed by atoms with E-state index in [2.05, 4.69) is 219 Å². The zero-order chi connectivity index (χ0) is 35.6. The Kier molecular flexibility index (Phi) is 7.13. The first-order chi connectivity index (χ1) is 26.0. The van der Waals surface area contributed by atoms with Crippen LogP contribution >= 0.6 is 0 Å². The van der Waals surface area contributed by atoms with E-state index in [0.717, 1.165) is 17.1 Å². The summed E-state index contributed by atoms with van der Waals surface area (Å²) in [7, 11) is 0. The lowest BCUT2D eigenvalue weighted by molar-refractivity contribution is 0.563. The molecule has 1 nitrogen and oxygen atoms in total. The molecular weight excluding hydrogens is 639 g/mol. The summed E-state index contributed by atoms with van der Waals surface area (Å²) in [5.74, 6) is 0. The topological polar surface area (TPSA) is 3.24 Å². The van der Waals surface area contributed by atoms with Crippen LogP contribution in [0.3, 0.4) is 0 Å². The quantitative estimate of drug-likeness (QED) is 0.175. The fourth-order valence-corrected chi connectivity index (χ4v) is 9.34. The molecule has 0 saturated heterocycles. The number of para-hydroxylation sites is 1. The molecule has 252 valence electrons. The summed E-state index contributed by atoms with van der Waals surface area (Å²) in [5.41, 5.74) is 18.3. The average molecular weight is 678 g/mol. The fraction of sp³-hybridized carbons (Fsp3) is 0.0769. The van der Waals surface area contributed by atoms with Crippen LogP contribution < -0.4 is 4.90 Å². The predicted octanol–water partition coefficient (Wildman–Crippen LogP) is 13.5. The van der Waals surface area contributed by atoms with Crippen LogP contribution in [0.1, 0.15) is 47.2 Å². The van der Waals surface area contributed by atoms with Gasteiger partial charge in [-0.3, -0.25) is 0 Å². The largest absolute Gasteiger partial charge is 0.310 e. The SMILES string of the molecule is CC1(C)c2ccccc2C2(c3ccccc3-c3ccccc32)c2ccc(N(c3ccccc3)c3cc(-c4ccccc4)cc(-c4ccccc4)c3)cc21. The van der Waals surface area contributed by atoms with Crippen molar-refractivity contribution in [2.45, 2.75) is 24.7 Å². The summed E-state index contributed by atoms with van der Waals surface area (Å²) in [6, 6.07) is 73.9. The first kappa shape index (κ1) is 31.3. The molecule has 0 bridgehead atoms. The lowest BCUT2D eigenvalue weighted by Gasteiger charge is -2.47. The van der Waals surface area contributed by atoms with E-state index in [0.29, 0.717) is 0 Å². The van der Waals surface area contributed by atoms with Gasteiger partial charge in [0.05, 0.1) is 5.41 Å². The molecule has 0 radical (unpaired) electrons. The molecule has 8 aromatic carbocycles. The van der Waals surface area contributed by atoms with Gasteiger partial charge in [0.1, 0.15) is 0 Å². The molecule has 0 heterocycles. The van der Waals surface area contributed by atoms with Crippen molar-refractivity contribution in [1.29, 1.82) is 0 Å². The van der Waals surface area contributed by atoms with Gasteiger partial charge in [0.25, 0.3) is 0 Å². The molecular formula is C52H39N. The molecule has 0 aliphatic heterocycles. The van der Waals surface area contributed by atoms with Crippen LogP contribution in [0.25, 0.3) is 33.4 Å². The number of benzene rings is 8. The highest BCUT2D eigenvalue weighted by Gasteiger charge is 2.53. The van der Waals surface area contributed by atoms with E-state index in [1.54, 1.807) is 0 Å². The van der Waals surface area contributed by atoms with Crippen molar-refractivity contribution in [3.63, 3.8) is 0 Å². The van der Waals surface area contributed by atoms with Gasteiger partial charge in [-0.2, -0.15) is 0 Å². The molecule has 0 atom stereocenters. The van der Waals surface area contributed by atoms with Gasteiger partial charge in [-0.05, 0) is 109 Å². The van der Waals surface area contributed by atoms with Crippen molar-refractivity contribution in [2.24, 2.45) is 0 Å². The van der Waals surface area contributed by atoms with Crippen LogP contribution in [-0.2, 0) is 10.8 Å². The Labute approximate surface area is 312 Å². The second-order valence-corrected chi connectivity index (χ2v) is 14.9. The van der Waals surface area contributed by atoms with Crippen LogP contribution in [0.4, 0.5) is 17.1 Å². The van der Waals surface area contributed by atoms with Crippen LogP contribution in [0.5, 0.6) is 0 Å². The number of rotatable bonds is 5. The maximum Gasteiger partial charge on any atom is 0.0719 e. The standard InChI is InChI=1S/C52H39N/c1-51(2)47-28-16-17-29-48(47)52(45-26-14-12-24-43(45)44-25-13-15-27-46(44)52)49-31-30-41(35-50(49)51)53(40-22-10-5-11-23-40)42-33-38(36-18-6-3-7-19-36)32-39(34-42)37-20-8-4-9-21-37/h3-35H,1-2H3. The van der Waals surface area contributed by atoms with Gasteiger partial charge in [-0.25, -0.2) is 0 Å². The summed E-state index contributed by atoms with van der Waals surface area (Å²) in [4.78, 5) is 2.44. The summed E-state index contributed by atoms with van der Waals surface area (Å²) in [6.45, 7) is 4.81. The van der Waals surface area contributed by atoms with E-state index in [-0.39, 0.29) is 5.41 Å². The van der Waals surface area contributed by atoms with E-state index in [4.69, 9.17) is 0 Å². The number of hydrogen-bond donors (Lipinski definition) is 0. The van der Waals surface area contributed by atoms with Gasteiger partial charge in [0.2, 0.25) is 0 Å². The van der Waals surface area contributed by atoms with E-state index < -0.39 is 5.41 Å². The predicted molar refractivity (Wildman–Crippen MR) is 221 cm³/mol. The third-order valence-electron chi connectivity index (χ3n) is 11.7. The maximum atomic E-state index is 2.49. The van der Waals surface area contributed by atoms with Gasteiger partial charge in [-0.1, -0.05) is 172 Å². The Bertz CT molecular complexity index is 2530. The molecule has 1 spiro atoms. The minimum absolute atomic E-state index is 0.247. The van der Waals surface area contributed by atoms with Crippen LogP contribution in [0.2, 0.25) is 0 Å². The first-order valence-corrected chi connectivity index (χ1v) is 18.6. The normalized spacial score (nSPS) is 14.2. The maximum absolute atomic E-state index is 2.49. The monoisotopic (exact) mass is 677 g/mol. The number of anilines is 3. The molecule has 0 amide bonds. The van der Waals surface area contributed by atoms with Crippen molar-refractivity contribution in [2.75, 3.05) is 4.90 Å². The molecule has 1 heteroatoms. The lowest BCUT2D eigenvalue weighted by Crippen LogP contribution is -2.40. The van der Waals surface area contributed by atoms with Crippen molar-refractivity contribution in [3.05, 3.63) is 234 Å². The average Bonchev–Trinajstić information content (AvgIpc) is 3.52. The van der Waals surface area contributed by atoms with Crippen molar-refractivity contribution in [3.8, 4) is 33.4 Å². The Morgan fingerprint density at radius 1 is 0.302 bits per heavy atom. The number of hydrogen-bond acceptors (Lipinski definition) is 1. The van der Waals surface area contributed by atoms with Gasteiger partial charge in [-0.15, -0.1) is 0 Å². The molecule has 2 aliphatic rings. The van der Waals surface area contributed by atoms with E-state index >= 15 is 0 Å². The van der Waals surface area contributed by atoms with Crippen LogP contribution in [0.15, 0.2) is 200 Å². The fourth-order valence-electron chi connectivity index (χ4n) is 9.34. The van der Waals surface area contributed by atoms with Crippen LogP contribution in [0, 0.1) is 0 Å². The van der Waals surface area contributed by atoms with E-state index in [1.165, 1.54) is 66.8 Å². The summed E-state index contributed by atoms with van der Waals surface area (Å²) < 4.78 is 0. The first-order valence-electron chi connectivity index (χ1n) is 18.6. The van der Waals surface area contributed by atoms with Crippen LogP contribution in [-0.4, -0.2) is 0 Å². The highest BCUT2D eigenvalue weighted by molar-refractivity contribution is 5.90. The molecule has 0 unspecified atom stereocenters. The second-order valence-electron chi connectivity index (χ2n) is 14.9. The van der Waals surface area contributed by atoms with Crippen molar-refractivity contribution >= 4 is 17.1 Å². The van der Waals surface area contributed by atoms with E-state index in [9.17, 15) is 0 Å².